The Labute approximate surface area is 224 Å². The SMILES string of the molecule is CC(C(=O)Cc1cccc(-c2nc(Nc3ccc(-c4cn[nH]c4)cc3)c3sccc3n2)c1)N1CCOCC1. The Hall–Kier alpha value is -3.92. The maximum absolute atomic E-state index is 13.0. The van der Waals surface area contributed by atoms with Crippen molar-refractivity contribution in [3.05, 3.63) is 77.9 Å². The third kappa shape index (κ3) is 5.22. The van der Waals surface area contributed by atoms with E-state index in [2.05, 4.69) is 32.5 Å². The first-order valence-electron chi connectivity index (χ1n) is 12.7. The van der Waals surface area contributed by atoms with Crippen molar-refractivity contribution in [1.82, 2.24) is 25.1 Å². The Kier molecular flexibility index (Phi) is 6.96. The summed E-state index contributed by atoms with van der Waals surface area (Å²) in [5, 5.41) is 12.4. The number of aromatic amines is 1. The van der Waals surface area contributed by atoms with Crippen molar-refractivity contribution in [1.29, 1.82) is 0 Å². The molecule has 1 saturated heterocycles. The Bertz CT molecular complexity index is 1540. The number of benzene rings is 2. The molecule has 9 heteroatoms. The fourth-order valence-electron chi connectivity index (χ4n) is 4.71. The molecule has 0 saturated carbocycles. The molecule has 1 aliphatic rings. The van der Waals surface area contributed by atoms with Crippen molar-refractivity contribution in [2.24, 2.45) is 0 Å². The van der Waals surface area contributed by atoms with Crippen LogP contribution in [0.1, 0.15) is 12.5 Å². The molecular formula is C29H28N6O2S. The number of carbonyl (C=O) groups is 1. The van der Waals surface area contributed by atoms with Crippen LogP contribution in [0.2, 0.25) is 0 Å². The van der Waals surface area contributed by atoms with Crippen LogP contribution in [0.25, 0.3) is 32.7 Å². The first-order chi connectivity index (χ1) is 18.6. The second-order valence-electron chi connectivity index (χ2n) is 9.39. The third-order valence-electron chi connectivity index (χ3n) is 6.91. The van der Waals surface area contributed by atoms with Gasteiger partial charge in [0, 0.05) is 42.5 Å². The van der Waals surface area contributed by atoms with Gasteiger partial charge in [-0.15, -0.1) is 11.3 Å². The van der Waals surface area contributed by atoms with E-state index < -0.39 is 0 Å². The highest BCUT2D eigenvalue weighted by molar-refractivity contribution is 7.17. The summed E-state index contributed by atoms with van der Waals surface area (Å²) in [5.74, 6) is 1.60. The molecule has 0 spiro atoms. The number of H-pyrrole nitrogens is 1. The number of ether oxygens (including phenoxy) is 1. The molecule has 2 aromatic carbocycles. The number of nitrogens with one attached hydrogen (secondary N) is 2. The van der Waals surface area contributed by atoms with E-state index in [1.807, 2.05) is 61.0 Å². The fraction of sp³-hybridized carbons (Fsp3) is 0.241. The van der Waals surface area contributed by atoms with Crippen molar-refractivity contribution < 1.29 is 9.53 Å². The second kappa shape index (κ2) is 10.8. The predicted octanol–water partition coefficient (Wildman–Crippen LogP) is 5.32. The molecule has 1 aliphatic heterocycles. The van der Waals surface area contributed by atoms with E-state index in [4.69, 9.17) is 14.7 Å². The number of carbonyl (C=O) groups excluding carboxylic acids is 1. The maximum Gasteiger partial charge on any atom is 0.162 e. The van der Waals surface area contributed by atoms with Gasteiger partial charge in [-0.05, 0) is 47.7 Å². The summed E-state index contributed by atoms with van der Waals surface area (Å²) in [4.78, 5) is 25.0. The number of fused-ring (bicyclic) bond motifs is 1. The molecule has 5 aromatic rings. The molecule has 4 heterocycles. The van der Waals surface area contributed by atoms with Crippen molar-refractivity contribution in [2.75, 3.05) is 31.6 Å². The number of rotatable bonds is 8. The van der Waals surface area contributed by atoms with Gasteiger partial charge in [-0.3, -0.25) is 14.8 Å². The molecule has 2 N–H and O–H groups in total. The lowest BCUT2D eigenvalue weighted by Crippen LogP contribution is -2.46. The van der Waals surface area contributed by atoms with Crippen LogP contribution in [0.3, 0.4) is 0 Å². The standard InChI is InChI=1S/C29H28N6O2S/c1-19(35-10-12-37-13-11-35)26(36)16-20-3-2-4-22(15-20)28-33-25-9-14-38-27(25)29(34-28)32-24-7-5-21(6-8-24)23-17-30-31-18-23/h2-9,14-15,17-19H,10-13,16H2,1H3,(H,30,31)(H,32,33,34). The Morgan fingerprint density at radius 2 is 1.92 bits per heavy atom. The lowest BCUT2D eigenvalue weighted by Gasteiger charge is -2.31. The molecule has 1 atom stereocenters. The summed E-state index contributed by atoms with van der Waals surface area (Å²) in [6.07, 6.45) is 4.06. The van der Waals surface area contributed by atoms with E-state index in [9.17, 15) is 4.79 Å². The Morgan fingerprint density at radius 3 is 2.71 bits per heavy atom. The average Bonchev–Trinajstić information content (AvgIpc) is 3.67. The molecule has 0 amide bonds. The first-order valence-corrected chi connectivity index (χ1v) is 13.6. The second-order valence-corrected chi connectivity index (χ2v) is 10.3. The van der Waals surface area contributed by atoms with Gasteiger partial charge in [0.25, 0.3) is 0 Å². The number of hydrogen-bond acceptors (Lipinski definition) is 8. The average molecular weight is 525 g/mol. The summed E-state index contributed by atoms with van der Waals surface area (Å²) >= 11 is 1.61. The summed E-state index contributed by atoms with van der Waals surface area (Å²) < 4.78 is 6.43. The number of aromatic nitrogens is 4. The maximum atomic E-state index is 13.0. The van der Waals surface area contributed by atoms with Crippen molar-refractivity contribution in [3.8, 4) is 22.5 Å². The number of ketones is 1. The van der Waals surface area contributed by atoms with Gasteiger partial charge >= 0.3 is 0 Å². The highest BCUT2D eigenvalue weighted by Gasteiger charge is 2.23. The van der Waals surface area contributed by atoms with Crippen LogP contribution in [0.5, 0.6) is 0 Å². The van der Waals surface area contributed by atoms with Gasteiger partial charge in [0.1, 0.15) is 0 Å². The minimum absolute atomic E-state index is 0.128. The number of Topliss-reactive ketones (excluding diaryl/α,β-unsaturated/α-hetero) is 1. The van der Waals surface area contributed by atoms with Crippen LogP contribution in [-0.2, 0) is 16.0 Å². The van der Waals surface area contributed by atoms with E-state index in [-0.39, 0.29) is 11.8 Å². The zero-order chi connectivity index (χ0) is 25.9. The smallest absolute Gasteiger partial charge is 0.162 e. The lowest BCUT2D eigenvalue weighted by atomic mass is 10.0. The Balaban J connectivity index is 1.24. The fourth-order valence-corrected chi connectivity index (χ4v) is 5.48. The summed E-state index contributed by atoms with van der Waals surface area (Å²) in [7, 11) is 0. The molecule has 1 unspecified atom stereocenters. The monoisotopic (exact) mass is 524 g/mol. The number of thiophene rings is 1. The van der Waals surface area contributed by atoms with Crippen molar-refractivity contribution >= 4 is 38.8 Å². The Morgan fingerprint density at radius 1 is 1.08 bits per heavy atom. The molecule has 0 radical (unpaired) electrons. The summed E-state index contributed by atoms with van der Waals surface area (Å²) in [6, 6.07) is 18.1. The minimum atomic E-state index is -0.128. The zero-order valence-corrected chi connectivity index (χ0v) is 21.9. The van der Waals surface area contributed by atoms with Crippen molar-refractivity contribution in [3.63, 3.8) is 0 Å². The van der Waals surface area contributed by atoms with Crippen LogP contribution >= 0.6 is 11.3 Å². The van der Waals surface area contributed by atoms with Gasteiger partial charge in [-0.25, -0.2) is 9.97 Å². The van der Waals surface area contributed by atoms with Crippen LogP contribution in [-0.4, -0.2) is 63.2 Å². The molecule has 0 aliphatic carbocycles. The van der Waals surface area contributed by atoms with Crippen LogP contribution < -0.4 is 5.32 Å². The van der Waals surface area contributed by atoms with E-state index in [1.165, 1.54) is 0 Å². The molecule has 192 valence electrons. The normalized spacial score (nSPS) is 15.0. The molecule has 6 rings (SSSR count). The highest BCUT2D eigenvalue weighted by Crippen LogP contribution is 2.32. The number of nitrogens with zero attached hydrogens (tertiary/aromatic N) is 4. The molecular weight excluding hydrogens is 496 g/mol. The topological polar surface area (TPSA) is 96.0 Å². The first kappa shape index (κ1) is 24.4. The van der Waals surface area contributed by atoms with Gasteiger partial charge in [0.05, 0.1) is 35.7 Å². The van der Waals surface area contributed by atoms with E-state index in [0.29, 0.717) is 25.5 Å². The largest absolute Gasteiger partial charge is 0.379 e. The third-order valence-corrected chi connectivity index (χ3v) is 7.82. The minimum Gasteiger partial charge on any atom is -0.379 e. The van der Waals surface area contributed by atoms with Gasteiger partial charge in [0.2, 0.25) is 0 Å². The summed E-state index contributed by atoms with van der Waals surface area (Å²) in [5.41, 5.74) is 5.81. The van der Waals surface area contributed by atoms with E-state index in [0.717, 1.165) is 57.1 Å². The van der Waals surface area contributed by atoms with Crippen LogP contribution in [0.4, 0.5) is 11.5 Å². The van der Waals surface area contributed by atoms with Gasteiger partial charge < -0.3 is 10.1 Å². The predicted molar refractivity (Wildman–Crippen MR) is 151 cm³/mol. The van der Waals surface area contributed by atoms with Gasteiger partial charge in [-0.1, -0.05) is 30.3 Å². The number of hydrogen-bond donors (Lipinski definition) is 2. The summed E-state index contributed by atoms with van der Waals surface area (Å²) in [6.45, 7) is 4.94. The van der Waals surface area contributed by atoms with E-state index >= 15 is 0 Å². The zero-order valence-electron chi connectivity index (χ0n) is 21.1. The highest BCUT2D eigenvalue weighted by atomic mass is 32.1. The molecule has 0 bridgehead atoms. The lowest BCUT2D eigenvalue weighted by molar-refractivity contribution is -0.124. The molecule has 3 aromatic heterocycles. The molecule has 8 nitrogen and oxygen atoms in total. The van der Waals surface area contributed by atoms with Gasteiger partial charge in [-0.2, -0.15) is 5.10 Å². The van der Waals surface area contributed by atoms with Gasteiger partial charge in [0.15, 0.2) is 17.4 Å². The molecule has 1 fully saturated rings. The quantitative estimate of drug-likeness (QED) is 0.283. The van der Waals surface area contributed by atoms with Crippen molar-refractivity contribution in [2.45, 2.75) is 19.4 Å². The van der Waals surface area contributed by atoms with Crippen LogP contribution in [0, 0.1) is 0 Å². The number of morpholine rings is 1. The van der Waals surface area contributed by atoms with Crippen LogP contribution in [0.15, 0.2) is 72.4 Å². The number of anilines is 2. The molecule has 38 heavy (non-hydrogen) atoms. The van der Waals surface area contributed by atoms with E-state index in [1.54, 1.807) is 17.5 Å².